The fourth-order valence-corrected chi connectivity index (χ4v) is 2.60. The maximum absolute atomic E-state index is 5.04. The van der Waals surface area contributed by atoms with Crippen LogP contribution >= 0.6 is 11.8 Å². The van der Waals surface area contributed by atoms with E-state index in [1.54, 1.807) is 24.2 Å². The van der Waals surface area contributed by atoms with Gasteiger partial charge in [0.1, 0.15) is 5.76 Å². The average molecular weight is 287 g/mol. The SMILES string of the molecule is Cc1cc(CSc2nnc(-c3cccnc3)n2C)no1. The van der Waals surface area contributed by atoms with Crippen LogP contribution in [0.1, 0.15) is 11.5 Å². The zero-order valence-corrected chi connectivity index (χ0v) is 12.0. The van der Waals surface area contributed by atoms with Crippen molar-refractivity contribution in [2.75, 3.05) is 0 Å². The van der Waals surface area contributed by atoms with Crippen molar-refractivity contribution in [3.8, 4) is 11.4 Å². The van der Waals surface area contributed by atoms with Crippen molar-refractivity contribution in [1.29, 1.82) is 0 Å². The zero-order valence-electron chi connectivity index (χ0n) is 11.1. The smallest absolute Gasteiger partial charge is 0.191 e. The van der Waals surface area contributed by atoms with Crippen LogP contribution in [0.25, 0.3) is 11.4 Å². The largest absolute Gasteiger partial charge is 0.361 e. The Balaban J connectivity index is 1.77. The summed E-state index contributed by atoms with van der Waals surface area (Å²) in [4.78, 5) is 4.10. The summed E-state index contributed by atoms with van der Waals surface area (Å²) in [6, 6.07) is 5.77. The second kappa shape index (κ2) is 5.46. The lowest BCUT2D eigenvalue weighted by molar-refractivity contribution is 0.393. The van der Waals surface area contributed by atoms with Gasteiger partial charge in [-0.2, -0.15) is 0 Å². The van der Waals surface area contributed by atoms with Gasteiger partial charge in [-0.15, -0.1) is 10.2 Å². The maximum Gasteiger partial charge on any atom is 0.191 e. The van der Waals surface area contributed by atoms with Gasteiger partial charge >= 0.3 is 0 Å². The van der Waals surface area contributed by atoms with Gasteiger partial charge in [0.15, 0.2) is 11.0 Å². The summed E-state index contributed by atoms with van der Waals surface area (Å²) in [5.74, 6) is 2.32. The molecule has 0 atom stereocenters. The standard InChI is InChI=1S/C13H13N5OS/c1-9-6-11(17-19-9)8-20-13-16-15-12(18(13)2)10-4-3-5-14-7-10/h3-7H,8H2,1-2H3. The molecule has 3 aromatic heterocycles. The molecule has 0 N–H and O–H groups in total. The van der Waals surface area contributed by atoms with Gasteiger partial charge in [0.25, 0.3) is 0 Å². The van der Waals surface area contributed by atoms with Crippen LogP contribution in [-0.2, 0) is 12.8 Å². The molecule has 0 aliphatic carbocycles. The van der Waals surface area contributed by atoms with E-state index < -0.39 is 0 Å². The third kappa shape index (κ3) is 2.57. The van der Waals surface area contributed by atoms with Crippen LogP contribution in [0.4, 0.5) is 0 Å². The molecule has 0 bridgehead atoms. The van der Waals surface area contributed by atoms with Gasteiger partial charge in [0.2, 0.25) is 0 Å². The van der Waals surface area contributed by atoms with E-state index in [0.29, 0.717) is 5.75 Å². The average Bonchev–Trinajstić information content (AvgIpc) is 3.04. The highest BCUT2D eigenvalue weighted by Gasteiger charge is 2.12. The van der Waals surface area contributed by atoms with Crippen LogP contribution in [0, 0.1) is 6.92 Å². The first kappa shape index (κ1) is 12.9. The number of pyridine rings is 1. The summed E-state index contributed by atoms with van der Waals surface area (Å²) >= 11 is 1.58. The van der Waals surface area contributed by atoms with Gasteiger partial charge in [-0.25, -0.2) is 0 Å². The first-order valence-corrected chi connectivity index (χ1v) is 7.07. The van der Waals surface area contributed by atoms with E-state index in [4.69, 9.17) is 4.52 Å². The Morgan fingerprint density at radius 2 is 2.25 bits per heavy atom. The molecule has 0 spiro atoms. The van der Waals surface area contributed by atoms with Crippen molar-refractivity contribution in [2.45, 2.75) is 17.8 Å². The summed E-state index contributed by atoms with van der Waals surface area (Å²) in [6.45, 7) is 1.88. The lowest BCUT2D eigenvalue weighted by atomic mass is 10.3. The van der Waals surface area contributed by atoms with Crippen molar-refractivity contribution < 1.29 is 4.52 Å². The summed E-state index contributed by atoms with van der Waals surface area (Å²) in [5, 5.41) is 13.2. The summed E-state index contributed by atoms with van der Waals surface area (Å²) in [6.07, 6.45) is 3.52. The molecule has 0 unspecified atom stereocenters. The monoisotopic (exact) mass is 287 g/mol. The second-order valence-corrected chi connectivity index (χ2v) is 5.27. The molecule has 0 amide bonds. The summed E-state index contributed by atoms with van der Waals surface area (Å²) < 4.78 is 7.00. The molecule has 0 aliphatic heterocycles. The highest BCUT2D eigenvalue weighted by Crippen LogP contribution is 2.24. The van der Waals surface area contributed by atoms with Gasteiger partial charge in [-0.1, -0.05) is 16.9 Å². The highest BCUT2D eigenvalue weighted by atomic mass is 32.2. The normalized spacial score (nSPS) is 10.9. The number of aromatic nitrogens is 5. The Labute approximate surface area is 120 Å². The Morgan fingerprint density at radius 3 is 2.95 bits per heavy atom. The first-order chi connectivity index (χ1) is 9.74. The molecule has 3 aromatic rings. The van der Waals surface area contributed by atoms with E-state index in [-0.39, 0.29) is 0 Å². The topological polar surface area (TPSA) is 69.6 Å². The van der Waals surface area contributed by atoms with Gasteiger partial charge in [0, 0.05) is 36.8 Å². The number of nitrogens with zero attached hydrogens (tertiary/aromatic N) is 5. The van der Waals surface area contributed by atoms with Crippen molar-refractivity contribution in [3.63, 3.8) is 0 Å². The maximum atomic E-state index is 5.04. The second-order valence-electron chi connectivity index (χ2n) is 4.32. The minimum Gasteiger partial charge on any atom is -0.361 e. The molecule has 6 nitrogen and oxygen atoms in total. The molecule has 0 radical (unpaired) electrons. The van der Waals surface area contributed by atoms with E-state index in [9.17, 15) is 0 Å². The third-order valence-corrected chi connectivity index (χ3v) is 3.83. The van der Waals surface area contributed by atoms with Gasteiger partial charge in [0.05, 0.1) is 5.69 Å². The Bertz CT molecular complexity index is 707. The Morgan fingerprint density at radius 1 is 1.35 bits per heavy atom. The fourth-order valence-electron chi connectivity index (χ4n) is 1.81. The van der Waals surface area contributed by atoms with Gasteiger partial charge in [-0.05, 0) is 19.1 Å². The van der Waals surface area contributed by atoms with Gasteiger partial charge in [-0.3, -0.25) is 4.98 Å². The highest BCUT2D eigenvalue weighted by molar-refractivity contribution is 7.98. The quantitative estimate of drug-likeness (QED) is 0.687. The molecule has 0 fully saturated rings. The molecule has 3 heterocycles. The molecule has 0 saturated carbocycles. The van der Waals surface area contributed by atoms with Crippen LogP contribution in [-0.4, -0.2) is 24.9 Å². The Hall–Kier alpha value is -2.15. The van der Waals surface area contributed by atoms with Crippen molar-refractivity contribution in [2.24, 2.45) is 7.05 Å². The first-order valence-electron chi connectivity index (χ1n) is 6.09. The number of hydrogen-bond acceptors (Lipinski definition) is 6. The van der Waals surface area contributed by atoms with Crippen molar-refractivity contribution in [1.82, 2.24) is 24.9 Å². The minimum absolute atomic E-state index is 0.705. The van der Waals surface area contributed by atoms with Crippen LogP contribution in [0.2, 0.25) is 0 Å². The molecular formula is C13H13N5OS. The van der Waals surface area contributed by atoms with Crippen molar-refractivity contribution in [3.05, 3.63) is 42.0 Å². The summed E-state index contributed by atoms with van der Waals surface area (Å²) in [5.41, 5.74) is 1.85. The number of thioether (sulfide) groups is 1. The van der Waals surface area contributed by atoms with E-state index in [1.165, 1.54) is 0 Å². The molecule has 102 valence electrons. The Kier molecular flexibility index (Phi) is 3.51. The molecule has 20 heavy (non-hydrogen) atoms. The summed E-state index contributed by atoms with van der Waals surface area (Å²) in [7, 11) is 1.94. The predicted octanol–water partition coefficient (Wildman–Crippen LogP) is 2.47. The van der Waals surface area contributed by atoms with Crippen LogP contribution in [0.15, 0.2) is 40.3 Å². The van der Waals surface area contributed by atoms with E-state index in [0.717, 1.165) is 28.0 Å². The van der Waals surface area contributed by atoms with Crippen molar-refractivity contribution >= 4 is 11.8 Å². The number of hydrogen-bond donors (Lipinski definition) is 0. The van der Waals surface area contributed by atoms with Crippen LogP contribution in [0.5, 0.6) is 0 Å². The molecular weight excluding hydrogens is 274 g/mol. The molecule has 0 aromatic carbocycles. The van der Waals surface area contributed by atoms with E-state index in [1.807, 2.05) is 36.7 Å². The van der Waals surface area contributed by atoms with E-state index >= 15 is 0 Å². The lowest BCUT2D eigenvalue weighted by Gasteiger charge is -2.02. The minimum atomic E-state index is 0.705. The number of aryl methyl sites for hydroxylation is 1. The van der Waals surface area contributed by atoms with E-state index in [2.05, 4.69) is 20.3 Å². The number of rotatable bonds is 4. The molecule has 0 saturated heterocycles. The molecule has 3 rings (SSSR count). The van der Waals surface area contributed by atoms with Crippen LogP contribution in [0.3, 0.4) is 0 Å². The third-order valence-electron chi connectivity index (χ3n) is 2.78. The molecule has 0 aliphatic rings. The molecule has 7 heteroatoms. The fraction of sp³-hybridized carbons (Fsp3) is 0.231. The van der Waals surface area contributed by atoms with Crippen LogP contribution < -0.4 is 0 Å². The zero-order chi connectivity index (χ0) is 13.9. The lowest BCUT2D eigenvalue weighted by Crippen LogP contribution is -1.95. The van der Waals surface area contributed by atoms with Gasteiger partial charge < -0.3 is 9.09 Å². The predicted molar refractivity (Wildman–Crippen MR) is 75.0 cm³/mol.